The Kier molecular flexibility index (Phi) is 3.82. The van der Waals surface area contributed by atoms with Gasteiger partial charge in [0, 0.05) is 0 Å². The number of rotatable bonds is 4. The number of carbonyl (C=O) groups is 2. The molecule has 0 fully saturated rings. The van der Waals surface area contributed by atoms with Crippen LogP contribution in [0.2, 0.25) is 0 Å². The summed E-state index contributed by atoms with van der Waals surface area (Å²) in [6.45, 7) is 2.89. The van der Waals surface area contributed by atoms with Crippen molar-refractivity contribution in [3.05, 3.63) is 11.3 Å². The van der Waals surface area contributed by atoms with Crippen LogP contribution >= 0.6 is 0 Å². The molecule has 0 saturated heterocycles. The van der Waals surface area contributed by atoms with Gasteiger partial charge >= 0.3 is 11.9 Å². The van der Waals surface area contributed by atoms with Gasteiger partial charge in [-0.1, -0.05) is 0 Å². The van der Waals surface area contributed by atoms with E-state index in [0.717, 1.165) is 0 Å². The van der Waals surface area contributed by atoms with Crippen molar-refractivity contribution in [2.45, 2.75) is 13.8 Å². The lowest BCUT2D eigenvalue weighted by Gasteiger charge is -2.04. The van der Waals surface area contributed by atoms with Gasteiger partial charge in [-0.2, -0.15) is 0 Å². The average Bonchev–Trinajstić information content (AvgIpc) is 1.98. The molecule has 0 saturated carbocycles. The van der Waals surface area contributed by atoms with Crippen LogP contribution in [0.5, 0.6) is 0 Å². The maximum atomic E-state index is 10.4. The highest BCUT2D eigenvalue weighted by Gasteiger charge is 2.16. The molecule has 0 aromatic rings. The first-order chi connectivity index (χ1) is 5.50. The molecule has 0 aromatic carbocycles. The van der Waals surface area contributed by atoms with Crippen molar-refractivity contribution in [2.24, 2.45) is 0 Å². The summed E-state index contributed by atoms with van der Waals surface area (Å²) in [7, 11) is 0. The third kappa shape index (κ3) is 2.61. The Morgan fingerprint density at radius 2 is 1.75 bits per heavy atom. The third-order valence-electron chi connectivity index (χ3n) is 1.14. The monoisotopic (exact) mass is 174 g/mol. The zero-order valence-corrected chi connectivity index (χ0v) is 6.83. The van der Waals surface area contributed by atoms with Crippen molar-refractivity contribution in [1.82, 2.24) is 0 Å². The highest BCUT2D eigenvalue weighted by atomic mass is 16.5. The zero-order valence-electron chi connectivity index (χ0n) is 6.83. The first-order valence-electron chi connectivity index (χ1n) is 3.31. The van der Waals surface area contributed by atoms with E-state index >= 15 is 0 Å². The van der Waals surface area contributed by atoms with Crippen molar-refractivity contribution in [1.29, 1.82) is 0 Å². The van der Waals surface area contributed by atoms with Crippen molar-refractivity contribution < 1.29 is 24.5 Å². The quantitative estimate of drug-likeness (QED) is 0.478. The van der Waals surface area contributed by atoms with Crippen LogP contribution < -0.4 is 0 Å². The number of carboxylic acid groups (broad SMARTS) is 2. The van der Waals surface area contributed by atoms with E-state index in [-0.39, 0.29) is 12.2 Å². The lowest BCUT2D eigenvalue weighted by Crippen LogP contribution is -2.12. The number of hydrogen-bond acceptors (Lipinski definition) is 3. The minimum Gasteiger partial charge on any atom is -0.486 e. The van der Waals surface area contributed by atoms with Crippen LogP contribution in [0.1, 0.15) is 13.8 Å². The molecule has 0 heterocycles. The number of ether oxygens (including phenoxy) is 1. The van der Waals surface area contributed by atoms with E-state index in [0.29, 0.717) is 0 Å². The van der Waals surface area contributed by atoms with Crippen molar-refractivity contribution in [3.63, 3.8) is 0 Å². The van der Waals surface area contributed by atoms with E-state index in [1.807, 2.05) is 0 Å². The molecule has 0 unspecified atom stereocenters. The fourth-order valence-electron chi connectivity index (χ4n) is 0.572. The Morgan fingerprint density at radius 1 is 1.25 bits per heavy atom. The van der Waals surface area contributed by atoms with Crippen molar-refractivity contribution >= 4 is 11.9 Å². The van der Waals surface area contributed by atoms with Gasteiger partial charge in [-0.3, -0.25) is 0 Å². The molecular formula is C7H10O5. The highest BCUT2D eigenvalue weighted by Crippen LogP contribution is 2.06. The summed E-state index contributed by atoms with van der Waals surface area (Å²) >= 11 is 0. The zero-order chi connectivity index (χ0) is 9.72. The minimum atomic E-state index is -1.36. The molecule has 0 rings (SSSR count). The number of aliphatic carboxylic acids is 2. The summed E-state index contributed by atoms with van der Waals surface area (Å²) in [5.41, 5.74) is -0.302. The van der Waals surface area contributed by atoms with Gasteiger partial charge in [0.05, 0.1) is 12.2 Å². The molecule has 2 N–H and O–H groups in total. The van der Waals surface area contributed by atoms with E-state index in [2.05, 4.69) is 4.74 Å². The van der Waals surface area contributed by atoms with Gasteiger partial charge < -0.3 is 14.9 Å². The van der Waals surface area contributed by atoms with Crippen LogP contribution in [0.4, 0.5) is 0 Å². The molecule has 5 heteroatoms. The second-order valence-corrected chi connectivity index (χ2v) is 2.00. The number of hydrogen-bond donors (Lipinski definition) is 2. The van der Waals surface area contributed by atoms with Crippen LogP contribution in [0.15, 0.2) is 11.3 Å². The van der Waals surface area contributed by atoms with Gasteiger partial charge in [0.25, 0.3) is 0 Å². The fourth-order valence-corrected chi connectivity index (χ4v) is 0.572. The van der Waals surface area contributed by atoms with Crippen LogP contribution in [-0.4, -0.2) is 28.8 Å². The second kappa shape index (κ2) is 4.38. The van der Waals surface area contributed by atoms with Gasteiger partial charge in [-0.25, -0.2) is 9.59 Å². The predicted molar refractivity (Wildman–Crippen MR) is 39.6 cm³/mol. The molecule has 0 bridgehead atoms. The largest absolute Gasteiger partial charge is 0.486 e. The van der Waals surface area contributed by atoms with Gasteiger partial charge in [-0.15, -0.1) is 0 Å². The molecular weight excluding hydrogens is 164 g/mol. The fraction of sp³-hybridized carbons (Fsp3) is 0.429. The Morgan fingerprint density at radius 3 is 2.00 bits per heavy atom. The molecule has 5 nitrogen and oxygen atoms in total. The van der Waals surface area contributed by atoms with Crippen LogP contribution in [0, 0.1) is 0 Å². The van der Waals surface area contributed by atoms with Crippen LogP contribution in [-0.2, 0) is 14.3 Å². The SMILES string of the molecule is CCO/C(C(=O)O)=C(\C)C(=O)O. The van der Waals surface area contributed by atoms with E-state index in [1.165, 1.54) is 6.92 Å². The number of carboxylic acids is 2. The first kappa shape index (κ1) is 10.5. The molecule has 68 valence electrons. The Hall–Kier alpha value is -1.52. The normalized spacial score (nSPS) is 11.8. The summed E-state index contributed by atoms with van der Waals surface area (Å²) in [6, 6.07) is 0. The Balaban J connectivity index is 4.80. The second-order valence-electron chi connectivity index (χ2n) is 2.00. The van der Waals surface area contributed by atoms with Crippen LogP contribution in [0.25, 0.3) is 0 Å². The maximum Gasteiger partial charge on any atom is 0.371 e. The predicted octanol–water partition coefficient (Wildman–Crippen LogP) is 0.466. The molecule has 12 heavy (non-hydrogen) atoms. The van der Waals surface area contributed by atoms with Crippen molar-refractivity contribution in [2.75, 3.05) is 6.61 Å². The van der Waals surface area contributed by atoms with Gasteiger partial charge in [0.1, 0.15) is 0 Å². The molecule has 0 aliphatic carbocycles. The lowest BCUT2D eigenvalue weighted by atomic mass is 10.2. The third-order valence-corrected chi connectivity index (χ3v) is 1.14. The summed E-state index contributed by atoms with van der Waals surface area (Å²) in [4.78, 5) is 20.7. The topological polar surface area (TPSA) is 83.8 Å². The Labute approximate surface area is 69.3 Å². The summed E-state index contributed by atoms with van der Waals surface area (Å²) in [5.74, 6) is -3.16. The minimum absolute atomic E-state index is 0.131. The molecule has 0 aromatic heterocycles. The first-order valence-corrected chi connectivity index (χ1v) is 3.31. The molecule has 0 aliphatic rings. The summed E-state index contributed by atoms with van der Waals surface area (Å²) in [5, 5.41) is 16.9. The van der Waals surface area contributed by atoms with Gasteiger partial charge in [0.15, 0.2) is 0 Å². The smallest absolute Gasteiger partial charge is 0.371 e. The molecule has 0 atom stereocenters. The summed E-state index contributed by atoms with van der Waals surface area (Å²) < 4.78 is 4.63. The molecule has 0 amide bonds. The van der Waals surface area contributed by atoms with E-state index in [1.54, 1.807) is 6.92 Å². The Bertz CT molecular complexity index is 228. The van der Waals surface area contributed by atoms with Gasteiger partial charge in [-0.05, 0) is 13.8 Å². The van der Waals surface area contributed by atoms with E-state index in [9.17, 15) is 9.59 Å². The van der Waals surface area contributed by atoms with Crippen LogP contribution in [0.3, 0.4) is 0 Å². The highest BCUT2D eigenvalue weighted by molar-refractivity contribution is 5.96. The molecule has 0 spiro atoms. The van der Waals surface area contributed by atoms with E-state index in [4.69, 9.17) is 10.2 Å². The molecule has 0 radical (unpaired) electrons. The van der Waals surface area contributed by atoms with Crippen molar-refractivity contribution in [3.8, 4) is 0 Å². The standard InChI is InChI=1S/C7H10O5/c1-3-12-5(7(10)11)4(2)6(8)9/h3H2,1-2H3,(H,8,9)(H,10,11)/b5-4+. The molecule has 0 aliphatic heterocycles. The average molecular weight is 174 g/mol. The maximum absolute atomic E-state index is 10.4. The lowest BCUT2D eigenvalue weighted by molar-refractivity contribution is -0.139. The van der Waals surface area contributed by atoms with E-state index < -0.39 is 17.7 Å². The van der Waals surface area contributed by atoms with Gasteiger partial charge in [0.2, 0.25) is 5.76 Å². The summed E-state index contributed by atoms with van der Waals surface area (Å²) in [6.07, 6.45) is 0.